The first-order chi connectivity index (χ1) is 8.60. The maximum absolute atomic E-state index is 12.1. The van der Waals surface area contributed by atoms with Gasteiger partial charge in [0.1, 0.15) is 0 Å². The molecule has 1 aromatic rings. The lowest BCUT2D eigenvalue weighted by molar-refractivity contribution is 0.0723. The van der Waals surface area contributed by atoms with Gasteiger partial charge < -0.3 is 4.57 Å². The molecule has 1 aromatic heterocycles. The van der Waals surface area contributed by atoms with Crippen molar-refractivity contribution >= 4 is 5.78 Å². The van der Waals surface area contributed by atoms with Crippen molar-refractivity contribution in [1.82, 2.24) is 14.4 Å². The highest BCUT2D eigenvalue weighted by Crippen LogP contribution is 2.10. The zero-order valence-electron chi connectivity index (χ0n) is 11.6. The van der Waals surface area contributed by atoms with Crippen molar-refractivity contribution in [1.29, 1.82) is 0 Å². The molecule has 1 aliphatic heterocycles. The van der Waals surface area contributed by atoms with Crippen molar-refractivity contribution in [3.63, 3.8) is 0 Å². The Bertz CT molecular complexity index is 413. The van der Waals surface area contributed by atoms with E-state index < -0.39 is 0 Å². The third kappa shape index (κ3) is 3.00. The smallest absolute Gasteiger partial charge is 0.178 e. The predicted octanol–water partition coefficient (Wildman–Crippen LogP) is 1.23. The van der Waals surface area contributed by atoms with E-state index in [4.69, 9.17) is 0 Å². The molecule has 1 fully saturated rings. The second-order valence-electron chi connectivity index (χ2n) is 5.20. The number of likely N-dealkylation sites (N-methyl/N-ethyl adjacent to an activating group) is 1. The molecule has 1 aliphatic rings. The van der Waals surface area contributed by atoms with Crippen LogP contribution in [0.25, 0.3) is 0 Å². The third-order valence-corrected chi connectivity index (χ3v) is 3.78. The Morgan fingerprint density at radius 3 is 2.78 bits per heavy atom. The molecule has 100 valence electrons. The van der Waals surface area contributed by atoms with Crippen LogP contribution in [0.2, 0.25) is 0 Å². The minimum Gasteiger partial charge on any atom is -0.357 e. The number of aromatic nitrogens is 1. The van der Waals surface area contributed by atoms with Gasteiger partial charge in [-0.25, -0.2) is 0 Å². The van der Waals surface area contributed by atoms with Crippen LogP contribution in [0.1, 0.15) is 24.2 Å². The summed E-state index contributed by atoms with van der Waals surface area (Å²) in [5, 5.41) is 0. The SMILES string of the molecule is CCN1CCN(CC(=O)c2ccn(C)c2)CC1C. The van der Waals surface area contributed by atoms with Crippen LogP contribution in [0.4, 0.5) is 0 Å². The molecule has 2 heterocycles. The minimum atomic E-state index is 0.229. The number of rotatable bonds is 4. The van der Waals surface area contributed by atoms with Crippen molar-refractivity contribution in [3.8, 4) is 0 Å². The van der Waals surface area contributed by atoms with Gasteiger partial charge in [0.15, 0.2) is 5.78 Å². The van der Waals surface area contributed by atoms with Gasteiger partial charge in [-0.1, -0.05) is 6.92 Å². The van der Waals surface area contributed by atoms with Gasteiger partial charge >= 0.3 is 0 Å². The van der Waals surface area contributed by atoms with Crippen LogP contribution in [0, 0.1) is 0 Å². The number of nitrogens with zero attached hydrogens (tertiary/aromatic N) is 3. The van der Waals surface area contributed by atoms with Crippen LogP contribution in [0.5, 0.6) is 0 Å². The maximum Gasteiger partial charge on any atom is 0.178 e. The van der Waals surface area contributed by atoms with E-state index in [9.17, 15) is 4.79 Å². The lowest BCUT2D eigenvalue weighted by atomic mass is 10.1. The standard InChI is InChI=1S/C14H23N3O/c1-4-17-8-7-16(9-12(17)2)11-14(18)13-5-6-15(3)10-13/h5-6,10,12H,4,7-9,11H2,1-3H3. The Hall–Kier alpha value is -1.13. The van der Waals surface area contributed by atoms with E-state index in [1.165, 1.54) is 0 Å². The van der Waals surface area contributed by atoms with Crippen molar-refractivity contribution in [2.45, 2.75) is 19.9 Å². The Labute approximate surface area is 109 Å². The molecule has 0 saturated carbocycles. The summed E-state index contributed by atoms with van der Waals surface area (Å²) < 4.78 is 1.92. The highest BCUT2D eigenvalue weighted by Gasteiger charge is 2.23. The zero-order chi connectivity index (χ0) is 13.1. The van der Waals surface area contributed by atoms with E-state index in [1.807, 2.05) is 30.1 Å². The first-order valence-electron chi connectivity index (χ1n) is 6.71. The number of hydrogen-bond donors (Lipinski definition) is 0. The van der Waals surface area contributed by atoms with Crippen LogP contribution in [0.15, 0.2) is 18.5 Å². The van der Waals surface area contributed by atoms with Crippen LogP contribution in [-0.4, -0.2) is 58.9 Å². The van der Waals surface area contributed by atoms with Crippen molar-refractivity contribution in [3.05, 3.63) is 24.0 Å². The number of ketones is 1. The summed E-state index contributed by atoms with van der Waals surface area (Å²) in [5.41, 5.74) is 0.822. The van der Waals surface area contributed by atoms with Gasteiger partial charge in [0.05, 0.1) is 6.54 Å². The van der Waals surface area contributed by atoms with Crippen LogP contribution in [0.3, 0.4) is 0 Å². The normalized spacial score (nSPS) is 22.3. The predicted molar refractivity (Wildman–Crippen MR) is 72.9 cm³/mol. The summed E-state index contributed by atoms with van der Waals surface area (Å²) in [6.45, 7) is 9.14. The Balaban J connectivity index is 1.89. The van der Waals surface area contributed by atoms with Crippen molar-refractivity contribution < 1.29 is 4.79 Å². The van der Waals surface area contributed by atoms with E-state index in [0.29, 0.717) is 12.6 Å². The molecule has 0 bridgehead atoms. The molecule has 0 N–H and O–H groups in total. The highest BCUT2D eigenvalue weighted by atomic mass is 16.1. The molecular formula is C14H23N3O. The van der Waals surface area contributed by atoms with Crippen LogP contribution in [-0.2, 0) is 7.05 Å². The molecule has 4 nitrogen and oxygen atoms in total. The summed E-state index contributed by atoms with van der Waals surface area (Å²) in [5.74, 6) is 0.229. The lowest BCUT2D eigenvalue weighted by Gasteiger charge is -2.38. The van der Waals surface area contributed by atoms with E-state index in [-0.39, 0.29) is 5.78 Å². The highest BCUT2D eigenvalue weighted by molar-refractivity contribution is 5.97. The van der Waals surface area contributed by atoms with E-state index >= 15 is 0 Å². The van der Waals surface area contributed by atoms with Crippen molar-refractivity contribution in [2.24, 2.45) is 7.05 Å². The molecule has 0 aromatic carbocycles. The number of carbonyl (C=O) groups excluding carboxylic acids is 1. The third-order valence-electron chi connectivity index (χ3n) is 3.78. The summed E-state index contributed by atoms with van der Waals surface area (Å²) in [6.07, 6.45) is 3.82. The maximum atomic E-state index is 12.1. The Morgan fingerprint density at radius 1 is 1.44 bits per heavy atom. The van der Waals surface area contributed by atoms with Gasteiger partial charge in [-0.15, -0.1) is 0 Å². The largest absolute Gasteiger partial charge is 0.357 e. The van der Waals surface area contributed by atoms with Crippen molar-refractivity contribution in [2.75, 3.05) is 32.7 Å². The summed E-state index contributed by atoms with van der Waals surface area (Å²) >= 11 is 0. The first-order valence-corrected chi connectivity index (χ1v) is 6.71. The van der Waals surface area contributed by atoms with Gasteiger partial charge in [-0.2, -0.15) is 0 Å². The number of hydrogen-bond acceptors (Lipinski definition) is 3. The molecule has 2 rings (SSSR count). The minimum absolute atomic E-state index is 0.229. The first kappa shape index (κ1) is 13.3. The average Bonchev–Trinajstić information content (AvgIpc) is 2.76. The fourth-order valence-electron chi connectivity index (χ4n) is 2.65. The van der Waals surface area contributed by atoms with E-state index in [0.717, 1.165) is 31.7 Å². The number of carbonyl (C=O) groups is 1. The summed E-state index contributed by atoms with van der Waals surface area (Å²) in [4.78, 5) is 16.8. The summed E-state index contributed by atoms with van der Waals surface area (Å²) in [7, 11) is 1.94. The topological polar surface area (TPSA) is 28.5 Å². The molecule has 1 unspecified atom stereocenters. The average molecular weight is 249 g/mol. The van der Waals surface area contributed by atoms with E-state index in [2.05, 4.69) is 23.6 Å². The second kappa shape index (κ2) is 5.67. The molecule has 4 heteroatoms. The number of aryl methyl sites for hydroxylation is 1. The van der Waals surface area contributed by atoms with Gasteiger partial charge in [0, 0.05) is 50.7 Å². The monoisotopic (exact) mass is 249 g/mol. The number of Topliss-reactive ketones (excluding diaryl/α,β-unsaturated/α-hetero) is 1. The Kier molecular flexibility index (Phi) is 4.19. The fraction of sp³-hybridized carbons (Fsp3) is 0.643. The summed E-state index contributed by atoms with van der Waals surface area (Å²) in [6, 6.07) is 2.45. The molecule has 0 spiro atoms. The van der Waals surface area contributed by atoms with Crippen LogP contribution < -0.4 is 0 Å². The van der Waals surface area contributed by atoms with Gasteiger partial charge in [0.2, 0.25) is 0 Å². The molecule has 0 amide bonds. The molecule has 18 heavy (non-hydrogen) atoms. The van der Waals surface area contributed by atoms with E-state index in [1.54, 1.807) is 0 Å². The van der Waals surface area contributed by atoms with Gasteiger partial charge in [-0.05, 0) is 19.5 Å². The molecule has 0 aliphatic carbocycles. The molecular weight excluding hydrogens is 226 g/mol. The lowest BCUT2D eigenvalue weighted by Crippen LogP contribution is -2.52. The molecule has 1 saturated heterocycles. The molecule has 0 radical (unpaired) electrons. The quantitative estimate of drug-likeness (QED) is 0.752. The zero-order valence-corrected chi connectivity index (χ0v) is 11.6. The number of piperazine rings is 1. The Morgan fingerprint density at radius 2 is 2.22 bits per heavy atom. The van der Waals surface area contributed by atoms with Gasteiger partial charge in [0.25, 0.3) is 0 Å². The second-order valence-corrected chi connectivity index (χ2v) is 5.20. The van der Waals surface area contributed by atoms with Gasteiger partial charge in [-0.3, -0.25) is 14.6 Å². The fourth-order valence-corrected chi connectivity index (χ4v) is 2.65. The molecule has 1 atom stereocenters. The van der Waals surface area contributed by atoms with Crippen LogP contribution >= 0.6 is 0 Å².